The van der Waals surface area contributed by atoms with Crippen LogP contribution in [-0.2, 0) is 0 Å². The van der Waals surface area contributed by atoms with Gasteiger partial charge in [-0.05, 0) is 44.5 Å². The number of thiazole rings is 1. The first-order chi connectivity index (χ1) is 8.47. The highest BCUT2D eigenvalue weighted by Gasteiger charge is 2.14. The largest absolute Gasteiger partial charge is 0.321 e. The van der Waals surface area contributed by atoms with E-state index in [-0.39, 0.29) is 5.91 Å². The Morgan fingerprint density at radius 2 is 2.06 bits per heavy atom. The second-order valence-electron chi connectivity index (χ2n) is 4.06. The average Bonchev–Trinajstić information content (AvgIpc) is 2.63. The third-order valence-corrected chi connectivity index (χ3v) is 4.31. The van der Waals surface area contributed by atoms with Crippen molar-refractivity contribution >= 4 is 38.9 Å². The zero-order chi connectivity index (χ0) is 13.3. The van der Waals surface area contributed by atoms with E-state index >= 15 is 0 Å². The maximum absolute atomic E-state index is 12.1. The van der Waals surface area contributed by atoms with Gasteiger partial charge in [0.2, 0.25) is 0 Å². The number of halogens is 1. The molecule has 1 N–H and O–H groups in total. The summed E-state index contributed by atoms with van der Waals surface area (Å²) in [5, 5.41) is 3.77. The van der Waals surface area contributed by atoms with E-state index in [0.717, 1.165) is 25.6 Å². The minimum atomic E-state index is -0.154. The molecule has 0 spiro atoms. The first-order valence-electron chi connectivity index (χ1n) is 5.49. The van der Waals surface area contributed by atoms with Crippen LogP contribution in [-0.4, -0.2) is 10.9 Å². The average molecular weight is 325 g/mol. The number of rotatable bonds is 2. The van der Waals surface area contributed by atoms with Crippen molar-refractivity contribution in [1.82, 2.24) is 4.98 Å². The number of hydrogen-bond acceptors (Lipinski definition) is 3. The van der Waals surface area contributed by atoms with E-state index in [0.29, 0.717) is 5.69 Å². The number of carbonyl (C=O) groups is 1. The molecule has 0 bridgehead atoms. The molecule has 2 aromatic rings. The van der Waals surface area contributed by atoms with Crippen molar-refractivity contribution in [2.45, 2.75) is 20.8 Å². The molecule has 0 aliphatic carbocycles. The normalized spacial score (nSPS) is 10.4. The Kier molecular flexibility index (Phi) is 3.82. The number of amides is 1. The number of carbonyl (C=O) groups excluding carboxylic acids is 1. The van der Waals surface area contributed by atoms with Crippen molar-refractivity contribution in [2.24, 2.45) is 0 Å². The van der Waals surface area contributed by atoms with Crippen molar-refractivity contribution in [2.75, 3.05) is 5.32 Å². The summed E-state index contributed by atoms with van der Waals surface area (Å²) in [4.78, 5) is 17.3. The molecule has 1 aromatic carbocycles. The molecule has 94 valence electrons. The fourth-order valence-corrected chi connectivity index (χ4v) is 2.71. The first kappa shape index (κ1) is 13.2. The molecule has 0 fully saturated rings. The van der Waals surface area contributed by atoms with Gasteiger partial charge in [0.1, 0.15) is 5.69 Å². The Bertz CT molecular complexity index is 607. The van der Waals surface area contributed by atoms with E-state index in [1.807, 2.05) is 39.0 Å². The van der Waals surface area contributed by atoms with Gasteiger partial charge in [0, 0.05) is 15.0 Å². The molecule has 1 aromatic heterocycles. The van der Waals surface area contributed by atoms with Crippen LogP contribution in [0.4, 0.5) is 5.69 Å². The third kappa shape index (κ3) is 2.79. The quantitative estimate of drug-likeness (QED) is 0.904. The summed E-state index contributed by atoms with van der Waals surface area (Å²) < 4.78 is 1.03. The smallest absolute Gasteiger partial charge is 0.275 e. The van der Waals surface area contributed by atoms with E-state index < -0.39 is 0 Å². The van der Waals surface area contributed by atoms with E-state index in [9.17, 15) is 4.79 Å². The molecule has 0 aliphatic heterocycles. The van der Waals surface area contributed by atoms with Gasteiger partial charge in [-0.25, -0.2) is 4.98 Å². The van der Waals surface area contributed by atoms with E-state index in [1.54, 1.807) is 0 Å². The highest BCUT2D eigenvalue weighted by Crippen LogP contribution is 2.22. The second-order valence-corrected chi connectivity index (χ2v) is 6.32. The van der Waals surface area contributed by atoms with Gasteiger partial charge in [0.05, 0.1) is 5.01 Å². The third-order valence-electron chi connectivity index (χ3n) is 2.53. The molecule has 0 saturated carbocycles. The molecule has 0 aliphatic rings. The molecule has 1 heterocycles. The number of anilines is 1. The van der Waals surface area contributed by atoms with Gasteiger partial charge in [0.15, 0.2) is 0 Å². The maximum Gasteiger partial charge on any atom is 0.275 e. The van der Waals surface area contributed by atoms with Crippen molar-refractivity contribution in [3.63, 3.8) is 0 Å². The number of nitrogens with zero attached hydrogens (tertiary/aromatic N) is 1. The SMILES string of the molecule is Cc1nc(C(=O)Nc2ccc(Br)c(C)c2)c(C)s1. The summed E-state index contributed by atoms with van der Waals surface area (Å²) in [6.45, 7) is 5.79. The van der Waals surface area contributed by atoms with E-state index in [4.69, 9.17) is 0 Å². The lowest BCUT2D eigenvalue weighted by Gasteiger charge is -2.06. The summed E-state index contributed by atoms with van der Waals surface area (Å²) in [6.07, 6.45) is 0. The fraction of sp³-hybridized carbons (Fsp3) is 0.231. The lowest BCUT2D eigenvalue weighted by atomic mass is 10.2. The van der Waals surface area contributed by atoms with Crippen LogP contribution in [0.5, 0.6) is 0 Å². The summed E-state index contributed by atoms with van der Waals surface area (Å²) in [5.74, 6) is -0.154. The second kappa shape index (κ2) is 5.20. The Labute approximate surface area is 118 Å². The number of nitrogens with one attached hydrogen (secondary N) is 1. The van der Waals surface area contributed by atoms with Gasteiger partial charge < -0.3 is 5.32 Å². The minimum Gasteiger partial charge on any atom is -0.321 e. The van der Waals surface area contributed by atoms with Crippen molar-refractivity contribution in [1.29, 1.82) is 0 Å². The molecule has 0 unspecified atom stereocenters. The van der Waals surface area contributed by atoms with Gasteiger partial charge in [0.25, 0.3) is 5.91 Å². The Hall–Kier alpha value is -1.20. The van der Waals surface area contributed by atoms with Crippen molar-refractivity contribution in [3.8, 4) is 0 Å². The fourth-order valence-electron chi connectivity index (χ4n) is 1.65. The molecule has 0 atom stereocenters. The molecule has 2 rings (SSSR count). The topological polar surface area (TPSA) is 42.0 Å². The van der Waals surface area contributed by atoms with E-state index in [1.165, 1.54) is 11.3 Å². The number of aryl methyl sites for hydroxylation is 3. The molecule has 3 nitrogen and oxygen atoms in total. The van der Waals surface area contributed by atoms with Crippen LogP contribution in [0.2, 0.25) is 0 Å². The van der Waals surface area contributed by atoms with Crippen molar-refractivity contribution in [3.05, 3.63) is 43.8 Å². The molecule has 5 heteroatoms. The van der Waals surface area contributed by atoms with E-state index in [2.05, 4.69) is 26.2 Å². The molecular formula is C13H13BrN2OS. The molecule has 18 heavy (non-hydrogen) atoms. The first-order valence-corrected chi connectivity index (χ1v) is 7.10. The number of aromatic nitrogens is 1. The Balaban J connectivity index is 2.21. The van der Waals surface area contributed by atoms with Crippen molar-refractivity contribution < 1.29 is 4.79 Å². The van der Waals surface area contributed by atoms with Crippen LogP contribution in [0.3, 0.4) is 0 Å². The highest BCUT2D eigenvalue weighted by atomic mass is 79.9. The lowest BCUT2D eigenvalue weighted by Crippen LogP contribution is -2.13. The van der Waals surface area contributed by atoms with Crippen LogP contribution < -0.4 is 5.32 Å². The van der Waals surface area contributed by atoms with Crippen LogP contribution in [0, 0.1) is 20.8 Å². The predicted molar refractivity (Wildman–Crippen MR) is 78.4 cm³/mol. The predicted octanol–water partition coefficient (Wildman–Crippen LogP) is 4.08. The van der Waals surface area contributed by atoms with Gasteiger partial charge in [-0.3, -0.25) is 4.79 Å². The van der Waals surface area contributed by atoms with Gasteiger partial charge in [-0.2, -0.15) is 0 Å². The summed E-state index contributed by atoms with van der Waals surface area (Å²) in [5.41, 5.74) is 2.38. The molecule has 0 saturated heterocycles. The zero-order valence-corrected chi connectivity index (χ0v) is 12.8. The Morgan fingerprint density at radius 3 is 2.61 bits per heavy atom. The van der Waals surface area contributed by atoms with Crippen LogP contribution >= 0.6 is 27.3 Å². The van der Waals surface area contributed by atoms with Gasteiger partial charge in [-0.1, -0.05) is 15.9 Å². The minimum absolute atomic E-state index is 0.154. The van der Waals surface area contributed by atoms with Crippen LogP contribution in [0.1, 0.15) is 25.9 Å². The maximum atomic E-state index is 12.1. The van der Waals surface area contributed by atoms with Crippen LogP contribution in [0.15, 0.2) is 22.7 Å². The monoisotopic (exact) mass is 324 g/mol. The molecular weight excluding hydrogens is 312 g/mol. The lowest BCUT2D eigenvalue weighted by molar-refractivity contribution is 0.102. The Morgan fingerprint density at radius 1 is 1.33 bits per heavy atom. The standard InChI is InChI=1S/C13H13BrN2OS/c1-7-6-10(4-5-11(7)14)16-13(17)12-8(2)18-9(3)15-12/h4-6H,1-3H3,(H,16,17). The summed E-state index contributed by atoms with van der Waals surface area (Å²) in [6, 6.07) is 5.71. The molecule has 1 amide bonds. The number of benzene rings is 1. The highest BCUT2D eigenvalue weighted by molar-refractivity contribution is 9.10. The zero-order valence-electron chi connectivity index (χ0n) is 10.4. The van der Waals surface area contributed by atoms with Crippen LogP contribution in [0.25, 0.3) is 0 Å². The van der Waals surface area contributed by atoms with Gasteiger partial charge in [-0.15, -0.1) is 11.3 Å². The summed E-state index contributed by atoms with van der Waals surface area (Å²) in [7, 11) is 0. The number of hydrogen-bond donors (Lipinski definition) is 1. The van der Waals surface area contributed by atoms with Gasteiger partial charge >= 0.3 is 0 Å². The molecule has 0 radical (unpaired) electrons. The summed E-state index contributed by atoms with van der Waals surface area (Å²) >= 11 is 4.97.